The molecule has 0 aliphatic carbocycles. The summed E-state index contributed by atoms with van der Waals surface area (Å²) < 4.78 is 3.67. The zero-order valence-corrected chi connectivity index (χ0v) is 11.8. The first-order chi connectivity index (χ1) is 9.70. The molecule has 2 aromatic carbocycles. The van der Waals surface area contributed by atoms with Gasteiger partial charge in [-0.2, -0.15) is 0 Å². The average molecular weight is 266 g/mol. The number of aryl methyl sites for hydroxylation is 2. The van der Waals surface area contributed by atoms with Gasteiger partial charge in [0.15, 0.2) is 0 Å². The molecule has 3 heteroatoms. The highest BCUT2D eigenvalue weighted by Crippen LogP contribution is 2.14. The minimum absolute atomic E-state index is 0.0641. The van der Waals surface area contributed by atoms with Crippen molar-refractivity contribution in [3.8, 4) is 0 Å². The molecule has 1 aromatic heterocycles. The summed E-state index contributed by atoms with van der Waals surface area (Å²) in [5, 5.41) is 0. The second-order valence-corrected chi connectivity index (χ2v) is 5.09. The highest BCUT2D eigenvalue weighted by Gasteiger charge is 2.11. The highest BCUT2D eigenvalue weighted by atomic mass is 16.1. The van der Waals surface area contributed by atoms with Gasteiger partial charge in [-0.1, -0.05) is 42.0 Å². The fourth-order valence-corrected chi connectivity index (χ4v) is 2.61. The zero-order valence-electron chi connectivity index (χ0n) is 11.8. The molecule has 0 aliphatic rings. The third-order valence-electron chi connectivity index (χ3n) is 3.70. The number of nitrogens with zero attached hydrogens (tertiary/aromatic N) is 2. The highest BCUT2D eigenvalue weighted by molar-refractivity contribution is 5.76. The van der Waals surface area contributed by atoms with Crippen LogP contribution in [-0.4, -0.2) is 9.13 Å². The number of para-hydroxylation sites is 2. The monoisotopic (exact) mass is 266 g/mol. The fourth-order valence-electron chi connectivity index (χ4n) is 2.61. The van der Waals surface area contributed by atoms with Gasteiger partial charge in [0.2, 0.25) is 0 Å². The molecule has 102 valence electrons. The van der Waals surface area contributed by atoms with Crippen molar-refractivity contribution in [2.45, 2.75) is 26.9 Å². The lowest BCUT2D eigenvalue weighted by Gasteiger charge is -2.04. The van der Waals surface area contributed by atoms with Gasteiger partial charge in [-0.15, -0.1) is 0 Å². The van der Waals surface area contributed by atoms with Crippen molar-refractivity contribution in [3.63, 3.8) is 0 Å². The lowest BCUT2D eigenvalue weighted by atomic mass is 10.1. The van der Waals surface area contributed by atoms with Gasteiger partial charge in [-0.3, -0.25) is 9.13 Å². The summed E-state index contributed by atoms with van der Waals surface area (Å²) in [7, 11) is 0. The number of fused-ring (bicyclic) bond motifs is 1. The molecular weight excluding hydrogens is 248 g/mol. The summed E-state index contributed by atoms with van der Waals surface area (Å²) in [5.74, 6) is 0. The summed E-state index contributed by atoms with van der Waals surface area (Å²) in [6.45, 7) is 5.38. The molecule has 0 atom stereocenters. The van der Waals surface area contributed by atoms with Crippen LogP contribution in [0.5, 0.6) is 0 Å². The lowest BCUT2D eigenvalue weighted by molar-refractivity contribution is 0.684. The molecule has 1 heterocycles. The van der Waals surface area contributed by atoms with Crippen LogP contribution in [0.4, 0.5) is 0 Å². The smallest absolute Gasteiger partial charge is 0.292 e. The van der Waals surface area contributed by atoms with Crippen LogP contribution in [0.2, 0.25) is 0 Å². The van der Waals surface area contributed by atoms with Crippen LogP contribution in [0.25, 0.3) is 11.0 Å². The van der Waals surface area contributed by atoms with E-state index in [-0.39, 0.29) is 5.69 Å². The molecule has 3 rings (SSSR count). The van der Waals surface area contributed by atoms with E-state index in [1.165, 1.54) is 5.56 Å². The van der Waals surface area contributed by atoms with E-state index in [4.69, 9.17) is 0 Å². The SMILES string of the molecule is CCn1c(=O)n(Cc2ccc(C)cc2)c2ccccc21. The van der Waals surface area contributed by atoms with Crippen LogP contribution < -0.4 is 5.69 Å². The molecule has 0 fully saturated rings. The summed E-state index contributed by atoms with van der Waals surface area (Å²) in [6, 6.07) is 16.3. The minimum Gasteiger partial charge on any atom is -0.292 e. The molecule has 0 amide bonds. The summed E-state index contributed by atoms with van der Waals surface area (Å²) in [5.41, 5.74) is 4.45. The number of hydrogen-bond acceptors (Lipinski definition) is 1. The van der Waals surface area contributed by atoms with Crippen LogP contribution in [0.15, 0.2) is 53.3 Å². The molecule has 3 aromatic rings. The van der Waals surface area contributed by atoms with Gasteiger partial charge in [-0.25, -0.2) is 4.79 Å². The second-order valence-electron chi connectivity index (χ2n) is 5.09. The molecule has 0 radical (unpaired) electrons. The molecule has 3 nitrogen and oxygen atoms in total. The molecule has 0 unspecified atom stereocenters. The topological polar surface area (TPSA) is 26.9 Å². The van der Waals surface area contributed by atoms with E-state index < -0.39 is 0 Å². The first kappa shape index (κ1) is 12.7. The second kappa shape index (κ2) is 5.00. The van der Waals surface area contributed by atoms with E-state index >= 15 is 0 Å². The maximum absolute atomic E-state index is 12.5. The van der Waals surface area contributed by atoms with Crippen LogP contribution in [0, 0.1) is 6.92 Å². The van der Waals surface area contributed by atoms with Gasteiger partial charge in [0, 0.05) is 6.54 Å². The van der Waals surface area contributed by atoms with Crippen LogP contribution in [-0.2, 0) is 13.1 Å². The molecule has 20 heavy (non-hydrogen) atoms. The third-order valence-corrected chi connectivity index (χ3v) is 3.70. The maximum Gasteiger partial charge on any atom is 0.329 e. The Bertz CT molecular complexity index is 794. The van der Waals surface area contributed by atoms with Gasteiger partial charge >= 0.3 is 5.69 Å². The largest absolute Gasteiger partial charge is 0.329 e. The number of aromatic nitrogens is 2. The quantitative estimate of drug-likeness (QED) is 0.715. The molecule has 0 bridgehead atoms. The van der Waals surface area contributed by atoms with Gasteiger partial charge < -0.3 is 0 Å². The Hall–Kier alpha value is -2.29. The Kier molecular flexibility index (Phi) is 3.18. The number of hydrogen-bond donors (Lipinski definition) is 0. The lowest BCUT2D eigenvalue weighted by Crippen LogP contribution is -2.24. The predicted octanol–water partition coefficient (Wildman–Crippen LogP) is 3.18. The molecule has 0 saturated carbocycles. The number of rotatable bonds is 3. The van der Waals surface area contributed by atoms with E-state index in [1.54, 1.807) is 0 Å². The predicted molar refractivity (Wildman–Crippen MR) is 82.2 cm³/mol. The Morgan fingerprint density at radius 2 is 1.50 bits per heavy atom. The summed E-state index contributed by atoms with van der Waals surface area (Å²) in [4.78, 5) is 12.5. The zero-order chi connectivity index (χ0) is 14.1. The first-order valence-corrected chi connectivity index (χ1v) is 6.94. The van der Waals surface area contributed by atoms with Gasteiger partial charge in [0.25, 0.3) is 0 Å². The van der Waals surface area contributed by atoms with Crippen LogP contribution in [0.3, 0.4) is 0 Å². The van der Waals surface area contributed by atoms with Crippen molar-refractivity contribution in [2.75, 3.05) is 0 Å². The van der Waals surface area contributed by atoms with Gasteiger partial charge in [0.1, 0.15) is 0 Å². The van der Waals surface area contributed by atoms with Crippen molar-refractivity contribution >= 4 is 11.0 Å². The normalized spacial score (nSPS) is 11.1. The van der Waals surface area contributed by atoms with Crippen molar-refractivity contribution < 1.29 is 0 Å². The molecule has 0 saturated heterocycles. The fraction of sp³-hybridized carbons (Fsp3) is 0.235. The minimum atomic E-state index is 0.0641. The average Bonchev–Trinajstić information content (AvgIpc) is 2.74. The van der Waals surface area contributed by atoms with E-state index in [0.717, 1.165) is 16.6 Å². The first-order valence-electron chi connectivity index (χ1n) is 6.94. The Balaban J connectivity index is 2.14. The molecular formula is C17H18N2O. The van der Waals surface area contributed by atoms with Crippen molar-refractivity contribution in [2.24, 2.45) is 0 Å². The summed E-state index contributed by atoms with van der Waals surface area (Å²) >= 11 is 0. The van der Waals surface area contributed by atoms with Crippen LogP contribution in [0.1, 0.15) is 18.1 Å². The summed E-state index contributed by atoms with van der Waals surface area (Å²) in [6.07, 6.45) is 0. The van der Waals surface area contributed by atoms with E-state index in [9.17, 15) is 4.79 Å². The number of imidazole rings is 1. The van der Waals surface area contributed by atoms with Crippen molar-refractivity contribution in [1.82, 2.24) is 9.13 Å². The van der Waals surface area contributed by atoms with Gasteiger partial charge in [-0.05, 0) is 31.5 Å². The van der Waals surface area contributed by atoms with Crippen molar-refractivity contribution in [3.05, 3.63) is 70.1 Å². The van der Waals surface area contributed by atoms with E-state index in [1.807, 2.05) is 40.3 Å². The standard InChI is InChI=1S/C17H18N2O/c1-3-18-15-6-4-5-7-16(15)19(17(18)20)12-14-10-8-13(2)9-11-14/h4-11H,3,12H2,1-2H3. The van der Waals surface area contributed by atoms with Crippen molar-refractivity contribution in [1.29, 1.82) is 0 Å². The van der Waals surface area contributed by atoms with E-state index in [2.05, 4.69) is 31.2 Å². The number of benzene rings is 2. The Labute approximate surface area is 118 Å². The molecule has 0 spiro atoms. The Morgan fingerprint density at radius 3 is 2.10 bits per heavy atom. The van der Waals surface area contributed by atoms with E-state index in [0.29, 0.717) is 13.1 Å². The van der Waals surface area contributed by atoms with Crippen LogP contribution >= 0.6 is 0 Å². The molecule has 0 aliphatic heterocycles. The maximum atomic E-state index is 12.5. The molecule has 0 N–H and O–H groups in total. The third kappa shape index (κ3) is 2.05. The Morgan fingerprint density at radius 1 is 0.900 bits per heavy atom. The van der Waals surface area contributed by atoms with Gasteiger partial charge in [0.05, 0.1) is 17.6 Å².